The summed E-state index contributed by atoms with van der Waals surface area (Å²) in [4.78, 5) is 11.6. The van der Waals surface area contributed by atoms with E-state index in [-0.39, 0.29) is 29.1 Å². The fraction of sp³-hybridized carbons (Fsp3) is 0.967. The third kappa shape index (κ3) is 4.36. The first-order valence-electron chi connectivity index (χ1n) is 14.5. The first kappa shape index (κ1) is 28.3. The van der Waals surface area contributed by atoms with Gasteiger partial charge in [-0.3, -0.25) is 4.79 Å². The average molecular weight is 509 g/mol. The Bertz CT molecular complexity index is 828. The molecular formula is C30H52O6. The summed E-state index contributed by atoms with van der Waals surface area (Å²) in [6, 6.07) is 0. The van der Waals surface area contributed by atoms with E-state index in [0.29, 0.717) is 48.9 Å². The molecule has 4 saturated carbocycles. The molecule has 36 heavy (non-hydrogen) atoms. The molecule has 4 N–H and O–H groups in total. The van der Waals surface area contributed by atoms with Crippen LogP contribution in [0.25, 0.3) is 0 Å². The molecule has 6 heteroatoms. The second kappa shape index (κ2) is 9.50. The van der Waals surface area contributed by atoms with Gasteiger partial charge in [0, 0.05) is 24.7 Å². The van der Waals surface area contributed by atoms with Crippen LogP contribution >= 0.6 is 0 Å². The summed E-state index contributed by atoms with van der Waals surface area (Å²) in [5.74, 6) is 1.63. The number of fused-ring (bicyclic) bond motifs is 5. The molecule has 6 nitrogen and oxygen atoms in total. The van der Waals surface area contributed by atoms with Gasteiger partial charge in [-0.15, -0.1) is 0 Å². The largest absolute Gasteiger partial charge is 0.459 e. The molecule has 0 bridgehead atoms. The van der Waals surface area contributed by atoms with Gasteiger partial charge in [0.05, 0.1) is 23.9 Å². The lowest BCUT2D eigenvalue weighted by atomic mass is 9.42. The molecule has 0 aromatic heterocycles. The fourth-order valence-electron chi connectivity index (χ4n) is 9.91. The highest BCUT2D eigenvalue weighted by Crippen LogP contribution is 2.69. The molecule has 0 amide bonds. The number of carbonyl (C=O) groups is 1. The van der Waals surface area contributed by atoms with E-state index >= 15 is 0 Å². The van der Waals surface area contributed by atoms with E-state index in [2.05, 4.69) is 20.8 Å². The van der Waals surface area contributed by atoms with Gasteiger partial charge in [0.1, 0.15) is 5.60 Å². The Morgan fingerprint density at radius 2 is 1.72 bits per heavy atom. The van der Waals surface area contributed by atoms with Gasteiger partial charge in [-0.1, -0.05) is 27.7 Å². The molecule has 12 atom stereocenters. The van der Waals surface area contributed by atoms with Crippen LogP contribution in [-0.2, 0) is 9.53 Å². The zero-order valence-corrected chi connectivity index (χ0v) is 23.7. The first-order chi connectivity index (χ1) is 16.6. The Morgan fingerprint density at radius 1 is 1.06 bits per heavy atom. The molecule has 0 aliphatic heterocycles. The van der Waals surface area contributed by atoms with Crippen LogP contribution in [0.15, 0.2) is 0 Å². The summed E-state index contributed by atoms with van der Waals surface area (Å²) in [6.45, 7) is 14.0. The maximum absolute atomic E-state index is 11.7. The number of hydrogen-bond donors (Lipinski definition) is 4. The van der Waals surface area contributed by atoms with Gasteiger partial charge >= 0.3 is 5.97 Å². The SMILES string of the molecule is CC(=O)OC(C)(C)[C@@H](C)C(O)C[C@@H](C)[C@H]1CC[C@H]2[C@@H]3C[C@@H](O)[C@@]4(O)C[C@@H](O)CC[C@]4(C)[C@H]3CC[C@]12C. The van der Waals surface area contributed by atoms with Crippen LogP contribution in [0.5, 0.6) is 0 Å². The third-order valence-corrected chi connectivity index (χ3v) is 12.3. The molecule has 208 valence electrons. The fourth-order valence-corrected chi connectivity index (χ4v) is 9.91. The van der Waals surface area contributed by atoms with E-state index < -0.39 is 29.5 Å². The van der Waals surface area contributed by atoms with Gasteiger partial charge in [-0.25, -0.2) is 0 Å². The second-order valence-corrected chi connectivity index (χ2v) is 14.4. The molecule has 0 heterocycles. The summed E-state index contributed by atoms with van der Waals surface area (Å²) in [7, 11) is 0. The Kier molecular flexibility index (Phi) is 7.47. The molecule has 0 radical (unpaired) electrons. The number of esters is 1. The Balaban J connectivity index is 1.49. The average Bonchev–Trinajstić information content (AvgIpc) is 3.12. The molecule has 0 spiro atoms. The van der Waals surface area contributed by atoms with Crippen molar-refractivity contribution in [3.8, 4) is 0 Å². The van der Waals surface area contributed by atoms with Crippen molar-refractivity contribution in [2.24, 2.45) is 46.3 Å². The van der Waals surface area contributed by atoms with Gasteiger partial charge < -0.3 is 25.2 Å². The van der Waals surface area contributed by atoms with Crippen LogP contribution in [0.1, 0.15) is 106 Å². The van der Waals surface area contributed by atoms with E-state index in [1.807, 2.05) is 20.8 Å². The van der Waals surface area contributed by atoms with Crippen molar-refractivity contribution in [2.45, 2.75) is 136 Å². The second-order valence-electron chi connectivity index (χ2n) is 14.4. The monoisotopic (exact) mass is 508 g/mol. The lowest BCUT2D eigenvalue weighted by Crippen LogP contribution is -2.68. The smallest absolute Gasteiger partial charge is 0.303 e. The number of carbonyl (C=O) groups excluding carboxylic acids is 1. The van der Waals surface area contributed by atoms with Crippen LogP contribution in [0, 0.1) is 46.3 Å². The Labute approximate surface area is 218 Å². The quantitative estimate of drug-likeness (QED) is 0.395. The molecule has 4 rings (SSSR count). The van der Waals surface area contributed by atoms with E-state index in [4.69, 9.17) is 4.74 Å². The van der Waals surface area contributed by atoms with Gasteiger partial charge in [-0.2, -0.15) is 0 Å². The van der Waals surface area contributed by atoms with Crippen molar-refractivity contribution in [3.05, 3.63) is 0 Å². The van der Waals surface area contributed by atoms with E-state index in [0.717, 1.165) is 32.1 Å². The molecule has 1 unspecified atom stereocenters. The van der Waals surface area contributed by atoms with Crippen molar-refractivity contribution in [2.75, 3.05) is 0 Å². The van der Waals surface area contributed by atoms with Crippen molar-refractivity contribution in [1.29, 1.82) is 0 Å². The van der Waals surface area contributed by atoms with Crippen molar-refractivity contribution in [3.63, 3.8) is 0 Å². The lowest BCUT2D eigenvalue weighted by molar-refractivity contribution is -0.265. The number of hydrogen-bond acceptors (Lipinski definition) is 6. The van der Waals surface area contributed by atoms with Crippen LogP contribution in [0.4, 0.5) is 0 Å². The number of ether oxygens (including phenoxy) is 1. The molecule has 4 aliphatic rings. The molecule has 0 aromatic rings. The topological polar surface area (TPSA) is 107 Å². The molecule has 0 aromatic carbocycles. The normalized spacial score (nSPS) is 47.2. The van der Waals surface area contributed by atoms with Gasteiger partial charge in [0.2, 0.25) is 0 Å². The Hall–Kier alpha value is -0.690. The third-order valence-electron chi connectivity index (χ3n) is 12.3. The van der Waals surface area contributed by atoms with E-state index in [1.165, 1.54) is 6.92 Å². The number of rotatable bonds is 6. The number of aliphatic hydroxyl groups excluding tert-OH is 3. The highest BCUT2D eigenvalue weighted by molar-refractivity contribution is 5.66. The summed E-state index contributed by atoms with van der Waals surface area (Å²) in [6.07, 6.45) is 5.65. The van der Waals surface area contributed by atoms with Crippen LogP contribution < -0.4 is 0 Å². The van der Waals surface area contributed by atoms with Crippen LogP contribution in [0.3, 0.4) is 0 Å². The highest BCUT2D eigenvalue weighted by Gasteiger charge is 2.67. The summed E-state index contributed by atoms with van der Waals surface area (Å²) in [5.41, 5.74) is -2.11. The minimum absolute atomic E-state index is 0.161. The standard InChI is InChI=1S/C30H52O6/c1-17(14-25(33)18(2)27(4,5)36-19(3)31)22-8-9-23-21-15-26(34)30(35)16-20(32)10-13-29(30,7)24(21)11-12-28(22,23)6/h17-18,20-26,32-35H,8-16H2,1-7H3/t17-,18+,20+,21+,22-,23+,24+,25?,26-,28-,29-,30+/m1/s1. The first-order valence-corrected chi connectivity index (χ1v) is 14.5. The summed E-state index contributed by atoms with van der Waals surface area (Å²) < 4.78 is 5.51. The van der Waals surface area contributed by atoms with Gasteiger partial charge in [0.25, 0.3) is 0 Å². The van der Waals surface area contributed by atoms with Crippen molar-refractivity contribution < 1.29 is 30.0 Å². The lowest BCUT2D eigenvalue weighted by Gasteiger charge is -2.65. The molecule has 4 aliphatic carbocycles. The van der Waals surface area contributed by atoms with E-state index in [1.54, 1.807) is 0 Å². The molecular weight excluding hydrogens is 456 g/mol. The Morgan fingerprint density at radius 3 is 2.36 bits per heavy atom. The zero-order chi connectivity index (χ0) is 26.8. The maximum atomic E-state index is 11.7. The minimum atomic E-state index is -1.19. The molecule has 0 saturated heterocycles. The van der Waals surface area contributed by atoms with Crippen molar-refractivity contribution >= 4 is 5.97 Å². The minimum Gasteiger partial charge on any atom is -0.459 e. The predicted octanol–water partition coefficient (Wildman–Crippen LogP) is 4.46. The van der Waals surface area contributed by atoms with Crippen LogP contribution in [-0.4, -0.2) is 55.9 Å². The van der Waals surface area contributed by atoms with E-state index in [9.17, 15) is 25.2 Å². The zero-order valence-electron chi connectivity index (χ0n) is 23.7. The number of aliphatic hydroxyl groups is 4. The predicted molar refractivity (Wildman–Crippen MR) is 139 cm³/mol. The van der Waals surface area contributed by atoms with Gasteiger partial charge in [0.15, 0.2) is 0 Å². The maximum Gasteiger partial charge on any atom is 0.303 e. The van der Waals surface area contributed by atoms with Crippen molar-refractivity contribution in [1.82, 2.24) is 0 Å². The summed E-state index contributed by atoms with van der Waals surface area (Å²) >= 11 is 0. The highest BCUT2D eigenvalue weighted by atomic mass is 16.6. The summed E-state index contributed by atoms with van der Waals surface area (Å²) in [5, 5.41) is 44.4. The molecule has 4 fully saturated rings. The van der Waals surface area contributed by atoms with Gasteiger partial charge in [-0.05, 0) is 100 Å². The van der Waals surface area contributed by atoms with Crippen LogP contribution in [0.2, 0.25) is 0 Å².